The molecule has 0 bridgehead atoms. The van der Waals surface area contributed by atoms with Crippen LogP contribution in [0.4, 0.5) is 4.79 Å². The summed E-state index contributed by atoms with van der Waals surface area (Å²) in [7, 11) is 1.67. The van der Waals surface area contributed by atoms with Gasteiger partial charge < -0.3 is 14.4 Å². The van der Waals surface area contributed by atoms with Gasteiger partial charge in [0.1, 0.15) is 5.60 Å². The van der Waals surface area contributed by atoms with Gasteiger partial charge in [-0.2, -0.15) is 0 Å². The van der Waals surface area contributed by atoms with Crippen LogP contribution in [0.1, 0.15) is 47.0 Å². The predicted molar refractivity (Wildman–Crippen MR) is 80.5 cm³/mol. The molecule has 1 fully saturated rings. The molecule has 1 rings (SSSR count). The molecule has 0 radical (unpaired) electrons. The van der Waals surface area contributed by atoms with Crippen LogP contribution < -0.4 is 0 Å². The molecule has 1 atom stereocenters. The van der Waals surface area contributed by atoms with E-state index in [9.17, 15) is 4.79 Å². The first-order valence-electron chi connectivity index (χ1n) is 7.49. The van der Waals surface area contributed by atoms with Crippen LogP contribution in [0.2, 0.25) is 0 Å². The molecule has 116 valence electrons. The maximum absolute atomic E-state index is 12.0. The zero-order valence-corrected chi connectivity index (χ0v) is 13.5. The highest BCUT2D eigenvalue weighted by molar-refractivity contribution is 5.68. The second-order valence-electron chi connectivity index (χ2n) is 6.69. The maximum Gasteiger partial charge on any atom is 0.410 e. The molecule has 4 heteroatoms. The molecular weight excluding hydrogens is 254 g/mol. The largest absolute Gasteiger partial charge is 0.505 e. The fraction of sp³-hybridized carbons (Fsp3) is 0.812. The minimum atomic E-state index is -0.409. The van der Waals surface area contributed by atoms with Gasteiger partial charge in [0, 0.05) is 13.1 Å². The van der Waals surface area contributed by atoms with Gasteiger partial charge in [0.15, 0.2) is 0 Å². The zero-order chi connectivity index (χ0) is 15.2. The number of hydrogen-bond acceptors (Lipinski definition) is 3. The normalized spacial score (nSPS) is 19.1. The summed E-state index contributed by atoms with van der Waals surface area (Å²) in [5.41, 5.74) is -0.409. The first-order valence-corrected chi connectivity index (χ1v) is 7.49. The topological polar surface area (TPSA) is 38.8 Å². The lowest BCUT2D eigenvalue weighted by Crippen LogP contribution is -2.41. The molecule has 0 aromatic heterocycles. The summed E-state index contributed by atoms with van der Waals surface area (Å²) in [4.78, 5) is 13.8. The van der Waals surface area contributed by atoms with Crippen molar-refractivity contribution < 1.29 is 14.3 Å². The van der Waals surface area contributed by atoms with Crippen LogP contribution in [0.5, 0.6) is 0 Å². The Labute approximate surface area is 123 Å². The smallest absolute Gasteiger partial charge is 0.410 e. The molecule has 0 spiro atoms. The molecule has 1 saturated heterocycles. The number of hydrogen-bond donors (Lipinski definition) is 0. The first kappa shape index (κ1) is 16.9. The van der Waals surface area contributed by atoms with Crippen molar-refractivity contribution in [1.29, 1.82) is 0 Å². The molecule has 0 saturated carbocycles. The van der Waals surface area contributed by atoms with Crippen molar-refractivity contribution in [2.24, 2.45) is 11.8 Å². The fourth-order valence-electron chi connectivity index (χ4n) is 2.49. The van der Waals surface area contributed by atoms with Gasteiger partial charge in [-0.15, -0.1) is 0 Å². The predicted octanol–water partition coefficient (Wildman–Crippen LogP) is 3.82. The monoisotopic (exact) mass is 283 g/mol. The number of allylic oxidation sites excluding steroid dienone is 1. The van der Waals surface area contributed by atoms with Gasteiger partial charge in [0.25, 0.3) is 0 Å². The minimum Gasteiger partial charge on any atom is -0.505 e. The van der Waals surface area contributed by atoms with Crippen LogP contribution in [0, 0.1) is 11.8 Å². The van der Waals surface area contributed by atoms with E-state index in [1.807, 2.05) is 25.7 Å². The van der Waals surface area contributed by atoms with Crippen molar-refractivity contribution in [1.82, 2.24) is 4.90 Å². The van der Waals surface area contributed by atoms with Gasteiger partial charge in [-0.1, -0.05) is 6.92 Å². The van der Waals surface area contributed by atoms with Crippen molar-refractivity contribution in [2.45, 2.75) is 52.6 Å². The second-order valence-corrected chi connectivity index (χ2v) is 6.69. The van der Waals surface area contributed by atoms with Crippen molar-refractivity contribution in [2.75, 3.05) is 20.2 Å². The Hall–Kier alpha value is -1.19. The van der Waals surface area contributed by atoms with E-state index in [1.165, 1.54) is 0 Å². The molecule has 0 N–H and O–H groups in total. The number of piperidine rings is 1. The fourth-order valence-corrected chi connectivity index (χ4v) is 2.49. The van der Waals surface area contributed by atoms with Gasteiger partial charge in [0.05, 0.1) is 13.4 Å². The average Bonchev–Trinajstić information content (AvgIpc) is 2.35. The van der Waals surface area contributed by atoms with E-state index in [-0.39, 0.29) is 6.09 Å². The number of methoxy groups -OCH3 is 1. The molecule has 4 nitrogen and oxygen atoms in total. The van der Waals surface area contributed by atoms with Gasteiger partial charge >= 0.3 is 6.09 Å². The zero-order valence-electron chi connectivity index (χ0n) is 13.5. The third-order valence-corrected chi connectivity index (χ3v) is 3.51. The van der Waals surface area contributed by atoms with E-state index in [0.717, 1.165) is 32.4 Å². The summed E-state index contributed by atoms with van der Waals surface area (Å²) in [6.45, 7) is 9.53. The highest BCUT2D eigenvalue weighted by Gasteiger charge is 2.27. The number of ether oxygens (including phenoxy) is 2. The number of rotatable bonds is 4. The molecule has 1 amide bonds. The van der Waals surface area contributed by atoms with Crippen LogP contribution in [0.3, 0.4) is 0 Å². The van der Waals surface area contributed by atoms with Crippen LogP contribution in [-0.4, -0.2) is 36.8 Å². The van der Waals surface area contributed by atoms with E-state index < -0.39 is 5.60 Å². The highest BCUT2D eigenvalue weighted by Crippen LogP contribution is 2.25. The third-order valence-electron chi connectivity index (χ3n) is 3.51. The number of likely N-dealkylation sites (tertiary alicyclic amines) is 1. The number of amides is 1. The lowest BCUT2D eigenvalue weighted by atomic mass is 9.88. The standard InChI is InChI=1S/C16H29NO3/c1-13(8-11-19-5)12-14-6-9-17(10-7-14)15(18)20-16(2,3)4/h8,11,13-14H,6-7,9-10,12H2,1-5H3. The van der Waals surface area contributed by atoms with E-state index in [1.54, 1.807) is 13.4 Å². The van der Waals surface area contributed by atoms with Gasteiger partial charge in [-0.25, -0.2) is 4.79 Å². The van der Waals surface area contributed by atoms with Crippen LogP contribution >= 0.6 is 0 Å². The van der Waals surface area contributed by atoms with Crippen molar-refractivity contribution >= 4 is 6.09 Å². The molecule has 1 heterocycles. The summed E-state index contributed by atoms with van der Waals surface area (Å²) in [6.07, 6.45) is 6.95. The average molecular weight is 283 g/mol. The number of carbonyl (C=O) groups excluding carboxylic acids is 1. The lowest BCUT2D eigenvalue weighted by molar-refractivity contribution is 0.0178. The lowest BCUT2D eigenvalue weighted by Gasteiger charge is -2.34. The summed E-state index contributed by atoms with van der Waals surface area (Å²) >= 11 is 0. The molecule has 0 aromatic carbocycles. The van der Waals surface area contributed by atoms with Crippen molar-refractivity contribution in [3.63, 3.8) is 0 Å². The Balaban J connectivity index is 2.33. The van der Waals surface area contributed by atoms with Crippen molar-refractivity contribution in [3.05, 3.63) is 12.3 Å². The Morgan fingerprint density at radius 2 is 1.95 bits per heavy atom. The van der Waals surface area contributed by atoms with E-state index >= 15 is 0 Å². The Kier molecular flexibility index (Phi) is 6.37. The summed E-state index contributed by atoms with van der Waals surface area (Å²) < 4.78 is 10.4. The summed E-state index contributed by atoms with van der Waals surface area (Å²) in [5, 5.41) is 0. The minimum absolute atomic E-state index is 0.178. The Bertz CT molecular complexity index is 325. The molecule has 20 heavy (non-hydrogen) atoms. The van der Waals surface area contributed by atoms with Gasteiger partial charge in [-0.3, -0.25) is 0 Å². The van der Waals surface area contributed by atoms with E-state index in [4.69, 9.17) is 9.47 Å². The Morgan fingerprint density at radius 1 is 1.35 bits per heavy atom. The Morgan fingerprint density at radius 3 is 2.45 bits per heavy atom. The van der Waals surface area contributed by atoms with E-state index in [0.29, 0.717) is 11.8 Å². The first-order chi connectivity index (χ1) is 9.31. The number of nitrogens with zero attached hydrogens (tertiary/aromatic N) is 1. The molecule has 1 aliphatic heterocycles. The van der Waals surface area contributed by atoms with Gasteiger partial charge in [-0.05, 0) is 57.9 Å². The quantitative estimate of drug-likeness (QED) is 0.736. The number of carbonyl (C=O) groups is 1. The molecule has 1 unspecified atom stereocenters. The third kappa shape index (κ3) is 6.31. The highest BCUT2D eigenvalue weighted by atomic mass is 16.6. The maximum atomic E-state index is 12.0. The van der Waals surface area contributed by atoms with E-state index in [2.05, 4.69) is 13.0 Å². The molecular formula is C16H29NO3. The molecule has 0 aromatic rings. The van der Waals surface area contributed by atoms with Gasteiger partial charge in [0.2, 0.25) is 0 Å². The van der Waals surface area contributed by atoms with Crippen molar-refractivity contribution in [3.8, 4) is 0 Å². The second kappa shape index (κ2) is 7.55. The summed E-state index contributed by atoms with van der Waals surface area (Å²) in [6, 6.07) is 0. The molecule has 1 aliphatic rings. The van der Waals surface area contributed by atoms with Crippen LogP contribution in [0.25, 0.3) is 0 Å². The van der Waals surface area contributed by atoms with Crippen LogP contribution in [-0.2, 0) is 9.47 Å². The summed E-state index contributed by atoms with van der Waals surface area (Å²) in [5.74, 6) is 1.21. The molecule has 0 aliphatic carbocycles. The van der Waals surface area contributed by atoms with Crippen LogP contribution in [0.15, 0.2) is 12.3 Å². The SMILES string of the molecule is COC=CC(C)CC1CCN(C(=O)OC(C)(C)C)CC1.